The van der Waals surface area contributed by atoms with Gasteiger partial charge in [0.05, 0.1) is 7.11 Å². The lowest BCUT2D eigenvalue weighted by molar-refractivity contribution is 0.269. The largest absolute Gasteiger partial charge is 0.497 e. The van der Waals surface area contributed by atoms with E-state index in [1.54, 1.807) is 7.11 Å². The average Bonchev–Trinajstić information content (AvgIpc) is 2.45. The van der Waals surface area contributed by atoms with E-state index in [1.165, 1.54) is 37.1 Å². The molecule has 1 aliphatic rings. The molecule has 0 bridgehead atoms. The summed E-state index contributed by atoms with van der Waals surface area (Å²) in [4.78, 5) is 1.29. The van der Waals surface area contributed by atoms with Gasteiger partial charge in [-0.2, -0.15) is 0 Å². The lowest BCUT2D eigenvalue weighted by atomic mass is 10.0. The Morgan fingerprint density at radius 2 is 2.16 bits per heavy atom. The van der Waals surface area contributed by atoms with Crippen LogP contribution in [0.3, 0.4) is 0 Å². The normalized spacial score (nSPS) is 21.8. The fourth-order valence-electron chi connectivity index (χ4n) is 2.22. The van der Waals surface area contributed by atoms with Crippen LogP contribution in [0.15, 0.2) is 35.5 Å². The maximum absolute atomic E-state index is 5.08. The quantitative estimate of drug-likeness (QED) is 0.374. The van der Waals surface area contributed by atoms with Gasteiger partial charge in [0.15, 0.2) is 0 Å². The summed E-state index contributed by atoms with van der Waals surface area (Å²) < 4.78 is 7.63. The van der Waals surface area contributed by atoms with Gasteiger partial charge in [-0.1, -0.05) is 32.9 Å². The van der Waals surface area contributed by atoms with E-state index in [0.717, 1.165) is 12.5 Å². The number of ether oxygens (including phenoxy) is 1. The zero-order valence-corrected chi connectivity index (χ0v) is 13.3. The molecule has 0 amide bonds. The molecule has 0 aliphatic carbocycles. The summed E-state index contributed by atoms with van der Waals surface area (Å²) in [6, 6.07) is 0.720. The van der Waals surface area contributed by atoms with Gasteiger partial charge >= 0.3 is 0 Å². The number of allylic oxidation sites excluding steroid dienone is 3. The van der Waals surface area contributed by atoms with Crippen molar-refractivity contribution >= 4 is 11.9 Å². The maximum atomic E-state index is 5.08. The number of hydrogen-bond acceptors (Lipinski definition) is 3. The first-order valence-corrected chi connectivity index (χ1v) is 8.04. The van der Waals surface area contributed by atoms with Gasteiger partial charge in [-0.3, -0.25) is 0 Å². The van der Waals surface area contributed by atoms with Crippen LogP contribution in [0.5, 0.6) is 0 Å². The van der Waals surface area contributed by atoms with Crippen LogP contribution in [0.4, 0.5) is 0 Å². The van der Waals surface area contributed by atoms with Crippen LogP contribution >= 0.6 is 11.9 Å². The Bertz CT molecular complexity index is 336. The number of piperidine rings is 1. The Hall–Kier alpha value is -0.670. The number of hydrogen-bond donors (Lipinski definition) is 0. The molecule has 3 heteroatoms. The first-order valence-electron chi connectivity index (χ1n) is 7.27. The molecule has 0 aromatic rings. The van der Waals surface area contributed by atoms with Crippen LogP contribution in [0.2, 0.25) is 0 Å². The highest BCUT2D eigenvalue weighted by atomic mass is 32.2. The van der Waals surface area contributed by atoms with E-state index in [1.807, 2.05) is 18.0 Å². The molecular weight excluding hydrogens is 254 g/mol. The molecule has 0 aromatic heterocycles. The first kappa shape index (κ1) is 16.4. The van der Waals surface area contributed by atoms with Crippen LogP contribution in [0, 0.1) is 0 Å². The lowest BCUT2D eigenvalue weighted by Crippen LogP contribution is -2.33. The molecule has 1 aliphatic heterocycles. The van der Waals surface area contributed by atoms with Gasteiger partial charge in [0.25, 0.3) is 0 Å². The molecule has 1 fully saturated rings. The predicted octanol–water partition coefficient (Wildman–Crippen LogP) is 4.91. The van der Waals surface area contributed by atoms with Gasteiger partial charge in [-0.15, -0.1) is 0 Å². The van der Waals surface area contributed by atoms with Crippen LogP contribution in [-0.2, 0) is 4.74 Å². The van der Waals surface area contributed by atoms with Crippen molar-refractivity contribution < 1.29 is 4.74 Å². The number of methoxy groups -OCH3 is 1. The van der Waals surface area contributed by atoms with E-state index in [-0.39, 0.29) is 0 Å². The van der Waals surface area contributed by atoms with Crippen molar-refractivity contribution in [2.75, 3.05) is 13.7 Å². The third-order valence-corrected chi connectivity index (χ3v) is 4.60. The smallest absolute Gasteiger partial charge is 0.111 e. The van der Waals surface area contributed by atoms with Gasteiger partial charge in [0, 0.05) is 17.5 Å². The van der Waals surface area contributed by atoms with Gasteiger partial charge in [0.1, 0.15) is 5.76 Å². The van der Waals surface area contributed by atoms with Gasteiger partial charge in [-0.05, 0) is 49.8 Å². The zero-order valence-electron chi connectivity index (χ0n) is 12.5. The second-order valence-electron chi connectivity index (χ2n) is 4.81. The Balaban J connectivity index is 2.64. The molecule has 1 atom stereocenters. The molecule has 0 N–H and O–H groups in total. The van der Waals surface area contributed by atoms with E-state index in [9.17, 15) is 0 Å². The van der Waals surface area contributed by atoms with Crippen molar-refractivity contribution in [3.63, 3.8) is 0 Å². The first-order chi connectivity index (χ1) is 9.21. The Morgan fingerprint density at radius 1 is 1.37 bits per heavy atom. The highest BCUT2D eigenvalue weighted by Gasteiger charge is 2.21. The number of nitrogens with zero attached hydrogens (tertiary/aromatic N) is 1. The molecule has 108 valence electrons. The lowest BCUT2D eigenvalue weighted by Gasteiger charge is -2.34. The van der Waals surface area contributed by atoms with Crippen molar-refractivity contribution in [1.29, 1.82) is 0 Å². The molecule has 1 rings (SSSR count). The Kier molecular flexibility index (Phi) is 7.99. The zero-order chi connectivity index (χ0) is 14.1. The minimum atomic E-state index is 0.702. The Morgan fingerprint density at radius 3 is 2.79 bits per heavy atom. The summed E-state index contributed by atoms with van der Waals surface area (Å²) in [5.41, 5.74) is 0. The van der Waals surface area contributed by atoms with Crippen LogP contribution in [-0.4, -0.2) is 24.0 Å². The van der Waals surface area contributed by atoms with Crippen molar-refractivity contribution in [1.82, 2.24) is 4.31 Å². The third-order valence-electron chi connectivity index (χ3n) is 3.37. The second kappa shape index (κ2) is 9.27. The van der Waals surface area contributed by atoms with Crippen LogP contribution < -0.4 is 0 Å². The monoisotopic (exact) mass is 281 g/mol. The average molecular weight is 281 g/mol. The molecule has 0 saturated carbocycles. The topological polar surface area (TPSA) is 12.5 Å². The molecule has 0 radical (unpaired) electrons. The van der Waals surface area contributed by atoms with Crippen molar-refractivity contribution in [3.05, 3.63) is 35.5 Å². The molecule has 1 heterocycles. The summed E-state index contributed by atoms with van der Waals surface area (Å²) >= 11 is 1.89. The van der Waals surface area contributed by atoms with E-state index >= 15 is 0 Å². The molecular formula is C16H27NOS. The third kappa shape index (κ3) is 5.87. The minimum Gasteiger partial charge on any atom is -0.497 e. The Labute approximate surface area is 122 Å². The van der Waals surface area contributed by atoms with Crippen molar-refractivity contribution in [2.24, 2.45) is 0 Å². The summed E-state index contributed by atoms with van der Waals surface area (Å²) in [5, 5.41) is 0. The molecule has 1 saturated heterocycles. The second-order valence-corrected chi connectivity index (χ2v) is 5.93. The summed E-state index contributed by atoms with van der Waals surface area (Å²) in [6.07, 6.45) is 12.6. The summed E-state index contributed by atoms with van der Waals surface area (Å²) in [5.74, 6) is 0.702. The van der Waals surface area contributed by atoms with Gasteiger partial charge in [0.2, 0.25) is 0 Å². The van der Waals surface area contributed by atoms with Gasteiger partial charge < -0.3 is 4.74 Å². The SMILES string of the molecule is C=C(/C=C\C(=C/CC)SN1CCCCC1CC)OC. The standard InChI is InChI=1S/C16H27NOS/c1-5-9-16(12-11-14(3)18-4)19-17-13-8-7-10-15(17)6-2/h9,11-12,15H,3,5-8,10,13H2,1-2,4H3/b12-11-,16-9+. The maximum Gasteiger partial charge on any atom is 0.111 e. The van der Waals surface area contributed by atoms with Crippen LogP contribution in [0.25, 0.3) is 0 Å². The predicted molar refractivity (Wildman–Crippen MR) is 85.9 cm³/mol. The molecule has 19 heavy (non-hydrogen) atoms. The summed E-state index contributed by atoms with van der Waals surface area (Å²) in [7, 11) is 1.65. The molecule has 2 nitrogen and oxygen atoms in total. The molecule has 0 aromatic carbocycles. The van der Waals surface area contributed by atoms with Crippen molar-refractivity contribution in [3.8, 4) is 0 Å². The van der Waals surface area contributed by atoms with Gasteiger partial charge in [-0.25, -0.2) is 4.31 Å². The van der Waals surface area contributed by atoms with E-state index in [4.69, 9.17) is 4.74 Å². The van der Waals surface area contributed by atoms with Crippen LogP contribution in [0.1, 0.15) is 46.0 Å². The fraction of sp³-hybridized carbons (Fsp3) is 0.625. The fourth-order valence-corrected chi connectivity index (χ4v) is 3.48. The van der Waals surface area contributed by atoms with E-state index in [0.29, 0.717) is 5.76 Å². The molecule has 0 spiro atoms. The van der Waals surface area contributed by atoms with E-state index in [2.05, 4.69) is 36.9 Å². The molecule has 1 unspecified atom stereocenters. The minimum absolute atomic E-state index is 0.702. The van der Waals surface area contributed by atoms with Crippen molar-refractivity contribution in [2.45, 2.75) is 52.0 Å². The number of rotatable bonds is 7. The summed E-state index contributed by atoms with van der Waals surface area (Å²) in [6.45, 7) is 9.48. The highest BCUT2D eigenvalue weighted by molar-refractivity contribution is 8.01. The van der Waals surface area contributed by atoms with E-state index < -0.39 is 0 Å². The highest BCUT2D eigenvalue weighted by Crippen LogP contribution is 2.31.